The Hall–Kier alpha value is -0.760. The Morgan fingerprint density at radius 2 is 1.08 bits per heavy atom. The molecule has 2 aromatic carbocycles. The molecule has 4 N–H and O–H groups in total. The first-order valence-electron chi connectivity index (χ1n) is 7.92. The van der Waals surface area contributed by atoms with Gasteiger partial charge in [0.15, 0.2) is 0 Å². The van der Waals surface area contributed by atoms with Crippen molar-refractivity contribution in [2.75, 3.05) is 35.5 Å². The van der Waals surface area contributed by atoms with Crippen LogP contribution in [0.25, 0.3) is 0 Å². The predicted molar refractivity (Wildman–Crippen MR) is 118 cm³/mol. The summed E-state index contributed by atoms with van der Waals surface area (Å²) < 4.78 is 6.18. The van der Waals surface area contributed by atoms with Gasteiger partial charge in [-0.05, 0) is 48.3 Å². The molecule has 0 aliphatic carbocycles. The molecular weight excluding hydrogens is 388 g/mol. The largest absolute Gasteiger partial charge is 0.457 e. The van der Waals surface area contributed by atoms with Crippen molar-refractivity contribution in [1.29, 1.82) is 0 Å². The fourth-order valence-corrected chi connectivity index (χ4v) is 5.10. The quantitative estimate of drug-likeness (QED) is 0.389. The molecule has 0 fully saturated rings. The predicted octanol–water partition coefficient (Wildman–Crippen LogP) is 6.31. The number of nitrogens with two attached hydrogens (primary N) is 2. The van der Waals surface area contributed by atoms with Crippen LogP contribution in [0.5, 0.6) is 11.5 Å². The van der Waals surface area contributed by atoms with E-state index in [1.54, 1.807) is 47.0 Å². The second-order valence-electron chi connectivity index (χ2n) is 5.04. The minimum atomic E-state index is 0.799. The second kappa shape index (κ2) is 9.80. The van der Waals surface area contributed by atoms with Crippen molar-refractivity contribution in [1.82, 2.24) is 0 Å². The Kier molecular flexibility index (Phi) is 8.06. The van der Waals surface area contributed by atoms with E-state index in [9.17, 15) is 0 Å². The highest BCUT2D eigenvalue weighted by atomic mass is 32.2. The van der Waals surface area contributed by atoms with E-state index in [0.717, 1.165) is 54.0 Å². The van der Waals surface area contributed by atoms with Gasteiger partial charge in [-0.15, -0.1) is 47.0 Å². The van der Waals surface area contributed by atoms with Crippen molar-refractivity contribution >= 4 is 58.4 Å². The highest BCUT2D eigenvalue weighted by Gasteiger charge is 2.12. The smallest absolute Gasteiger partial charge is 0.129 e. The average Bonchev–Trinajstić information content (AvgIpc) is 2.60. The SMILES string of the molecule is CCSc1cc(Oc2cc(SC)c(N)c(SC)c2)cc(SCC)c1N. The van der Waals surface area contributed by atoms with Crippen LogP contribution in [-0.4, -0.2) is 24.0 Å². The van der Waals surface area contributed by atoms with Gasteiger partial charge in [0.1, 0.15) is 11.5 Å². The molecule has 0 heterocycles. The lowest BCUT2D eigenvalue weighted by atomic mass is 10.3. The van der Waals surface area contributed by atoms with Gasteiger partial charge in [0.25, 0.3) is 0 Å². The fourth-order valence-electron chi connectivity index (χ4n) is 2.30. The minimum Gasteiger partial charge on any atom is -0.457 e. The summed E-state index contributed by atoms with van der Waals surface area (Å²) in [6.45, 7) is 4.25. The van der Waals surface area contributed by atoms with Crippen LogP contribution in [0, 0.1) is 0 Å². The van der Waals surface area contributed by atoms with Gasteiger partial charge in [0.2, 0.25) is 0 Å². The second-order valence-corrected chi connectivity index (χ2v) is 9.35. The number of nitrogen functional groups attached to an aromatic ring is 2. The van der Waals surface area contributed by atoms with E-state index >= 15 is 0 Å². The summed E-state index contributed by atoms with van der Waals surface area (Å²) in [7, 11) is 0. The van der Waals surface area contributed by atoms with Gasteiger partial charge in [-0.3, -0.25) is 0 Å². The number of ether oxygens (including phenoxy) is 1. The number of rotatable bonds is 8. The Balaban J connectivity index is 2.42. The highest BCUT2D eigenvalue weighted by Crippen LogP contribution is 2.41. The average molecular weight is 413 g/mol. The summed E-state index contributed by atoms with van der Waals surface area (Å²) >= 11 is 6.73. The van der Waals surface area contributed by atoms with Gasteiger partial charge in [0.05, 0.1) is 11.4 Å². The minimum absolute atomic E-state index is 0.799. The fraction of sp³-hybridized carbons (Fsp3) is 0.333. The number of hydrogen-bond donors (Lipinski definition) is 2. The van der Waals surface area contributed by atoms with Crippen LogP contribution >= 0.6 is 47.0 Å². The number of benzene rings is 2. The van der Waals surface area contributed by atoms with Crippen LogP contribution in [0.2, 0.25) is 0 Å². The maximum Gasteiger partial charge on any atom is 0.129 e. The van der Waals surface area contributed by atoms with Gasteiger partial charge in [-0.2, -0.15) is 0 Å². The van der Waals surface area contributed by atoms with Gasteiger partial charge in [-0.25, -0.2) is 0 Å². The zero-order valence-electron chi connectivity index (χ0n) is 14.9. The van der Waals surface area contributed by atoms with Crippen LogP contribution in [0.3, 0.4) is 0 Å². The summed E-state index contributed by atoms with van der Waals surface area (Å²) in [4.78, 5) is 4.20. The van der Waals surface area contributed by atoms with Gasteiger partial charge in [-0.1, -0.05) is 13.8 Å². The zero-order chi connectivity index (χ0) is 18.4. The molecule has 25 heavy (non-hydrogen) atoms. The first-order chi connectivity index (χ1) is 12.0. The molecule has 0 radical (unpaired) electrons. The first kappa shape index (κ1) is 20.6. The monoisotopic (exact) mass is 412 g/mol. The lowest BCUT2D eigenvalue weighted by molar-refractivity contribution is 0.477. The third kappa shape index (κ3) is 5.12. The summed E-state index contributed by atoms with van der Waals surface area (Å²) in [5, 5.41) is 0. The maximum atomic E-state index is 6.31. The Bertz CT molecular complexity index is 685. The van der Waals surface area contributed by atoms with Gasteiger partial charge < -0.3 is 16.2 Å². The topological polar surface area (TPSA) is 61.3 Å². The first-order valence-corrected chi connectivity index (χ1v) is 12.3. The molecule has 7 heteroatoms. The van der Waals surface area contributed by atoms with Crippen molar-refractivity contribution < 1.29 is 4.74 Å². The Morgan fingerprint density at radius 1 is 0.720 bits per heavy atom. The highest BCUT2D eigenvalue weighted by molar-refractivity contribution is 8.00. The maximum absolute atomic E-state index is 6.31. The molecule has 0 saturated heterocycles. The number of hydrogen-bond acceptors (Lipinski definition) is 7. The molecule has 2 aromatic rings. The lowest BCUT2D eigenvalue weighted by Gasteiger charge is -2.15. The van der Waals surface area contributed by atoms with Crippen molar-refractivity contribution in [2.45, 2.75) is 33.4 Å². The molecule has 0 spiro atoms. The van der Waals surface area contributed by atoms with E-state index < -0.39 is 0 Å². The standard InChI is InChI=1S/C18H24N2OS4/c1-5-24-15-9-12(10-16(18(15)20)25-6-2)21-11-7-13(22-3)17(19)14(8-11)23-4/h7-10H,5-6,19-20H2,1-4H3. The third-order valence-corrected chi connectivity index (χ3v) is 6.86. The molecule has 3 nitrogen and oxygen atoms in total. The summed E-state index contributed by atoms with van der Waals surface area (Å²) in [6, 6.07) is 8.04. The third-order valence-electron chi connectivity index (χ3n) is 3.43. The molecule has 0 aliphatic rings. The van der Waals surface area contributed by atoms with Gasteiger partial charge >= 0.3 is 0 Å². The van der Waals surface area contributed by atoms with Crippen molar-refractivity contribution in [3.8, 4) is 11.5 Å². The summed E-state index contributed by atoms with van der Waals surface area (Å²) in [6.07, 6.45) is 4.05. The van der Waals surface area contributed by atoms with E-state index in [4.69, 9.17) is 16.2 Å². The van der Waals surface area contributed by atoms with Gasteiger partial charge in [0, 0.05) is 19.6 Å². The van der Waals surface area contributed by atoms with Crippen LogP contribution in [0.1, 0.15) is 13.8 Å². The molecule has 0 aliphatic heterocycles. The van der Waals surface area contributed by atoms with E-state index in [0.29, 0.717) is 0 Å². The van der Waals surface area contributed by atoms with E-state index in [2.05, 4.69) is 13.8 Å². The molecule has 0 amide bonds. The molecule has 0 bridgehead atoms. The Labute approximate surface area is 167 Å². The van der Waals surface area contributed by atoms with E-state index in [1.807, 2.05) is 36.8 Å². The van der Waals surface area contributed by atoms with Crippen LogP contribution in [0.4, 0.5) is 11.4 Å². The number of thioether (sulfide) groups is 4. The summed E-state index contributed by atoms with van der Waals surface area (Å²) in [5.41, 5.74) is 14.2. The normalized spacial score (nSPS) is 10.9. The molecule has 0 aromatic heterocycles. The van der Waals surface area contributed by atoms with Crippen LogP contribution < -0.4 is 16.2 Å². The van der Waals surface area contributed by atoms with E-state index in [1.165, 1.54) is 0 Å². The molecule has 0 atom stereocenters. The van der Waals surface area contributed by atoms with Crippen molar-refractivity contribution in [3.05, 3.63) is 24.3 Å². The van der Waals surface area contributed by atoms with Crippen molar-refractivity contribution in [2.24, 2.45) is 0 Å². The molecular formula is C18H24N2OS4. The molecule has 136 valence electrons. The molecule has 0 unspecified atom stereocenters. The van der Waals surface area contributed by atoms with Crippen LogP contribution in [0.15, 0.2) is 43.8 Å². The lowest BCUT2D eigenvalue weighted by Crippen LogP contribution is -1.96. The molecule has 0 saturated carbocycles. The van der Waals surface area contributed by atoms with Crippen molar-refractivity contribution in [3.63, 3.8) is 0 Å². The molecule has 2 rings (SSSR count). The summed E-state index contributed by atoms with van der Waals surface area (Å²) in [5.74, 6) is 3.55. The number of anilines is 2. The van der Waals surface area contributed by atoms with E-state index in [-0.39, 0.29) is 0 Å². The van der Waals surface area contributed by atoms with Crippen LogP contribution in [-0.2, 0) is 0 Å². The Morgan fingerprint density at radius 3 is 1.44 bits per heavy atom. The zero-order valence-corrected chi connectivity index (χ0v) is 18.2.